The van der Waals surface area contributed by atoms with Gasteiger partial charge in [-0.15, -0.1) is 0 Å². The standard InChI is InChI=1S/C15H18F2N4O/c1-11(12-6-4-3-5-7-12)20(2)15(22)19-13-8-18-21(9-13)10-14(16)17/h3-9,11,14H,10H2,1-2H3,(H,19,22)/t11-/m0/s1. The van der Waals surface area contributed by atoms with Gasteiger partial charge in [-0.2, -0.15) is 5.10 Å². The Morgan fingerprint density at radius 3 is 2.68 bits per heavy atom. The fraction of sp³-hybridized carbons (Fsp3) is 0.333. The van der Waals surface area contributed by atoms with Crippen molar-refractivity contribution in [1.82, 2.24) is 14.7 Å². The summed E-state index contributed by atoms with van der Waals surface area (Å²) in [6.45, 7) is 1.42. The molecule has 0 aliphatic carbocycles. The molecule has 1 atom stereocenters. The average Bonchev–Trinajstić information content (AvgIpc) is 2.92. The SMILES string of the molecule is C[C@@H](c1ccccc1)N(C)C(=O)Nc1cnn(CC(F)F)c1. The Hall–Kier alpha value is -2.44. The van der Waals surface area contributed by atoms with E-state index in [4.69, 9.17) is 0 Å². The van der Waals surface area contributed by atoms with Crippen molar-refractivity contribution in [3.8, 4) is 0 Å². The number of carbonyl (C=O) groups is 1. The summed E-state index contributed by atoms with van der Waals surface area (Å²) in [6, 6.07) is 9.17. The number of alkyl halides is 2. The van der Waals surface area contributed by atoms with E-state index in [9.17, 15) is 13.6 Å². The number of amides is 2. The first-order valence-electron chi connectivity index (χ1n) is 6.86. The summed E-state index contributed by atoms with van der Waals surface area (Å²) in [5.74, 6) is 0. The van der Waals surface area contributed by atoms with Gasteiger partial charge < -0.3 is 10.2 Å². The minimum atomic E-state index is -2.48. The molecular formula is C15H18F2N4O. The van der Waals surface area contributed by atoms with Crippen molar-refractivity contribution in [3.63, 3.8) is 0 Å². The Labute approximate surface area is 127 Å². The van der Waals surface area contributed by atoms with Crippen molar-refractivity contribution < 1.29 is 13.6 Å². The normalized spacial score (nSPS) is 12.2. The van der Waals surface area contributed by atoms with Crippen LogP contribution in [0.2, 0.25) is 0 Å². The molecule has 5 nitrogen and oxygen atoms in total. The van der Waals surface area contributed by atoms with E-state index < -0.39 is 13.0 Å². The highest BCUT2D eigenvalue weighted by molar-refractivity contribution is 5.89. The van der Waals surface area contributed by atoms with Gasteiger partial charge in [0.1, 0.15) is 6.54 Å². The van der Waals surface area contributed by atoms with E-state index >= 15 is 0 Å². The molecule has 0 aliphatic rings. The van der Waals surface area contributed by atoms with E-state index in [1.165, 1.54) is 12.4 Å². The predicted octanol–water partition coefficient (Wildman–Crippen LogP) is 3.37. The molecule has 7 heteroatoms. The number of nitrogens with zero attached hydrogens (tertiary/aromatic N) is 3. The Bertz CT molecular complexity index is 615. The molecule has 0 aliphatic heterocycles. The van der Waals surface area contributed by atoms with Gasteiger partial charge in [0.05, 0.1) is 17.9 Å². The lowest BCUT2D eigenvalue weighted by atomic mass is 10.1. The predicted molar refractivity (Wildman–Crippen MR) is 79.9 cm³/mol. The van der Waals surface area contributed by atoms with Crippen LogP contribution in [0.25, 0.3) is 0 Å². The number of nitrogens with one attached hydrogen (secondary N) is 1. The largest absolute Gasteiger partial charge is 0.322 e. The van der Waals surface area contributed by atoms with E-state index in [1.54, 1.807) is 11.9 Å². The summed E-state index contributed by atoms with van der Waals surface area (Å²) in [5.41, 5.74) is 1.39. The van der Waals surface area contributed by atoms with Gasteiger partial charge in [-0.3, -0.25) is 4.68 Å². The molecule has 118 valence electrons. The van der Waals surface area contributed by atoms with Crippen LogP contribution in [0, 0.1) is 0 Å². The lowest BCUT2D eigenvalue weighted by Crippen LogP contribution is -2.33. The second kappa shape index (κ2) is 7.02. The molecule has 0 spiro atoms. The maximum absolute atomic E-state index is 12.3. The zero-order valence-corrected chi connectivity index (χ0v) is 12.4. The van der Waals surface area contributed by atoms with Crippen LogP contribution < -0.4 is 5.32 Å². The molecule has 2 rings (SSSR count). The minimum Gasteiger partial charge on any atom is -0.321 e. The number of hydrogen-bond donors (Lipinski definition) is 1. The number of benzene rings is 1. The smallest absolute Gasteiger partial charge is 0.321 e. The van der Waals surface area contributed by atoms with Crippen LogP contribution >= 0.6 is 0 Å². The number of anilines is 1. The summed E-state index contributed by atoms with van der Waals surface area (Å²) in [7, 11) is 1.68. The molecule has 0 fully saturated rings. The summed E-state index contributed by atoms with van der Waals surface area (Å²) >= 11 is 0. The average molecular weight is 308 g/mol. The maximum atomic E-state index is 12.3. The fourth-order valence-electron chi connectivity index (χ4n) is 2.01. The highest BCUT2D eigenvalue weighted by atomic mass is 19.3. The molecule has 1 aromatic carbocycles. The third-order valence-corrected chi connectivity index (χ3v) is 3.39. The van der Waals surface area contributed by atoms with Gasteiger partial charge >= 0.3 is 6.03 Å². The number of urea groups is 1. The van der Waals surface area contributed by atoms with Gasteiger partial charge in [-0.1, -0.05) is 30.3 Å². The number of halogens is 2. The van der Waals surface area contributed by atoms with E-state index in [0.29, 0.717) is 5.69 Å². The molecule has 1 aromatic heterocycles. The molecule has 0 saturated heterocycles. The van der Waals surface area contributed by atoms with Crippen LogP contribution in [0.15, 0.2) is 42.7 Å². The fourth-order valence-corrected chi connectivity index (χ4v) is 2.01. The first kappa shape index (κ1) is 15.9. The van der Waals surface area contributed by atoms with Crippen molar-refractivity contribution >= 4 is 11.7 Å². The van der Waals surface area contributed by atoms with Crippen molar-refractivity contribution in [1.29, 1.82) is 0 Å². The van der Waals surface area contributed by atoms with Crippen molar-refractivity contribution in [2.24, 2.45) is 0 Å². The second-order valence-corrected chi connectivity index (χ2v) is 4.97. The number of carbonyl (C=O) groups excluding carboxylic acids is 1. The van der Waals surface area contributed by atoms with E-state index in [2.05, 4.69) is 10.4 Å². The van der Waals surface area contributed by atoms with Crippen molar-refractivity contribution in [2.45, 2.75) is 25.9 Å². The van der Waals surface area contributed by atoms with Crippen LogP contribution in [0.5, 0.6) is 0 Å². The first-order valence-corrected chi connectivity index (χ1v) is 6.86. The summed E-state index contributed by atoms with van der Waals surface area (Å²) < 4.78 is 25.6. The zero-order valence-electron chi connectivity index (χ0n) is 12.4. The van der Waals surface area contributed by atoms with Gasteiger partial charge in [0.15, 0.2) is 0 Å². The molecule has 22 heavy (non-hydrogen) atoms. The number of hydrogen-bond acceptors (Lipinski definition) is 2. The molecule has 0 bridgehead atoms. The number of aromatic nitrogens is 2. The second-order valence-electron chi connectivity index (χ2n) is 4.97. The van der Waals surface area contributed by atoms with Gasteiger partial charge in [0.25, 0.3) is 6.43 Å². The lowest BCUT2D eigenvalue weighted by molar-refractivity contribution is 0.122. The van der Waals surface area contributed by atoms with E-state index in [0.717, 1.165) is 10.2 Å². The summed E-state index contributed by atoms with van der Waals surface area (Å²) in [4.78, 5) is 13.7. The Morgan fingerprint density at radius 1 is 1.36 bits per heavy atom. The van der Waals surface area contributed by atoms with Gasteiger partial charge in [0, 0.05) is 13.2 Å². The molecule has 1 N–H and O–H groups in total. The molecule has 2 amide bonds. The molecule has 2 aromatic rings. The molecular weight excluding hydrogens is 290 g/mol. The Balaban J connectivity index is 1.98. The van der Waals surface area contributed by atoms with Gasteiger partial charge in [0.2, 0.25) is 0 Å². The molecule has 0 saturated carbocycles. The van der Waals surface area contributed by atoms with Crippen LogP contribution in [0.1, 0.15) is 18.5 Å². The summed E-state index contributed by atoms with van der Waals surface area (Å²) in [6.07, 6.45) is 0.246. The van der Waals surface area contributed by atoms with Crippen molar-refractivity contribution in [2.75, 3.05) is 12.4 Å². The van der Waals surface area contributed by atoms with Crippen LogP contribution in [0.4, 0.5) is 19.3 Å². The van der Waals surface area contributed by atoms with E-state index in [1.807, 2.05) is 37.3 Å². The third kappa shape index (κ3) is 4.03. The molecule has 0 unspecified atom stereocenters. The summed E-state index contributed by atoms with van der Waals surface area (Å²) in [5, 5.41) is 6.42. The Kier molecular flexibility index (Phi) is 5.08. The highest BCUT2D eigenvalue weighted by Gasteiger charge is 2.17. The van der Waals surface area contributed by atoms with Crippen LogP contribution in [-0.2, 0) is 6.54 Å². The topological polar surface area (TPSA) is 50.2 Å². The van der Waals surface area contributed by atoms with Gasteiger partial charge in [-0.05, 0) is 12.5 Å². The van der Waals surface area contributed by atoms with Crippen LogP contribution in [0.3, 0.4) is 0 Å². The lowest BCUT2D eigenvalue weighted by Gasteiger charge is -2.25. The third-order valence-electron chi connectivity index (χ3n) is 3.39. The first-order chi connectivity index (χ1) is 10.5. The monoisotopic (exact) mass is 308 g/mol. The van der Waals surface area contributed by atoms with Crippen LogP contribution in [-0.4, -0.2) is 34.2 Å². The minimum absolute atomic E-state index is 0.114. The van der Waals surface area contributed by atoms with E-state index in [-0.39, 0.29) is 12.1 Å². The molecule has 1 heterocycles. The maximum Gasteiger partial charge on any atom is 0.322 e. The number of rotatable bonds is 5. The zero-order chi connectivity index (χ0) is 16.1. The van der Waals surface area contributed by atoms with Crippen molar-refractivity contribution in [3.05, 3.63) is 48.3 Å². The molecule has 0 radical (unpaired) electrons. The van der Waals surface area contributed by atoms with Gasteiger partial charge in [-0.25, -0.2) is 13.6 Å². The quantitative estimate of drug-likeness (QED) is 0.920. The highest BCUT2D eigenvalue weighted by Crippen LogP contribution is 2.19. The Morgan fingerprint density at radius 2 is 2.05 bits per heavy atom.